The summed E-state index contributed by atoms with van der Waals surface area (Å²) in [6.45, 7) is 0. The number of rotatable bonds is 1. The minimum absolute atomic E-state index is 1.06. The molecule has 0 spiro atoms. The lowest BCUT2D eigenvalue weighted by molar-refractivity contribution is 1.14. The summed E-state index contributed by atoms with van der Waals surface area (Å²) in [7, 11) is 0. The average Bonchev–Trinajstić information content (AvgIpc) is 2.82. The monoisotopic (exact) mass is 323 g/mol. The molecule has 0 radical (unpaired) electrons. The quantitative estimate of drug-likeness (QED) is 0.521. The molecule has 4 rings (SSSR count). The van der Waals surface area contributed by atoms with Crippen LogP contribution in [0.3, 0.4) is 0 Å². The standard InChI is InChI=1S/C16H10BrN3/c17-11-3-4-15-13(8-11)14-10-19-7-5-16(14)20(15)12-2-1-6-18-9-12/h1-10H. The highest BCUT2D eigenvalue weighted by molar-refractivity contribution is 9.10. The third-order valence-corrected chi connectivity index (χ3v) is 3.93. The number of hydrogen-bond donors (Lipinski definition) is 0. The minimum atomic E-state index is 1.06. The second-order valence-corrected chi connectivity index (χ2v) is 5.52. The maximum absolute atomic E-state index is 4.26. The molecule has 0 fully saturated rings. The predicted molar refractivity (Wildman–Crippen MR) is 84.1 cm³/mol. The van der Waals surface area contributed by atoms with Crippen LogP contribution in [0.15, 0.2) is 65.7 Å². The van der Waals surface area contributed by atoms with Gasteiger partial charge in [-0.05, 0) is 36.4 Å². The average molecular weight is 324 g/mol. The van der Waals surface area contributed by atoms with Gasteiger partial charge < -0.3 is 4.57 Å². The lowest BCUT2D eigenvalue weighted by Gasteiger charge is -2.06. The van der Waals surface area contributed by atoms with Crippen LogP contribution in [0.1, 0.15) is 0 Å². The number of hydrogen-bond acceptors (Lipinski definition) is 2. The molecule has 4 heteroatoms. The third-order valence-electron chi connectivity index (χ3n) is 3.43. The molecule has 3 heterocycles. The molecular formula is C16H10BrN3. The molecule has 0 saturated carbocycles. The molecule has 96 valence electrons. The summed E-state index contributed by atoms with van der Waals surface area (Å²) in [5.41, 5.74) is 3.35. The first-order chi connectivity index (χ1) is 9.84. The molecule has 0 saturated heterocycles. The Morgan fingerprint density at radius 3 is 2.55 bits per heavy atom. The van der Waals surface area contributed by atoms with Crippen LogP contribution in [0.5, 0.6) is 0 Å². The first-order valence-electron chi connectivity index (χ1n) is 6.29. The molecule has 0 aliphatic rings. The van der Waals surface area contributed by atoms with E-state index in [1.807, 2.05) is 30.7 Å². The van der Waals surface area contributed by atoms with Crippen LogP contribution >= 0.6 is 15.9 Å². The van der Waals surface area contributed by atoms with E-state index in [1.165, 1.54) is 5.39 Å². The van der Waals surface area contributed by atoms with E-state index in [0.29, 0.717) is 0 Å². The van der Waals surface area contributed by atoms with Gasteiger partial charge >= 0.3 is 0 Å². The number of fused-ring (bicyclic) bond motifs is 3. The van der Waals surface area contributed by atoms with Gasteiger partial charge in [-0.15, -0.1) is 0 Å². The van der Waals surface area contributed by atoms with Crippen molar-refractivity contribution in [2.75, 3.05) is 0 Å². The van der Waals surface area contributed by atoms with E-state index >= 15 is 0 Å². The van der Waals surface area contributed by atoms with Crippen molar-refractivity contribution in [3.05, 3.63) is 65.7 Å². The SMILES string of the molecule is Brc1ccc2c(c1)c1cnccc1n2-c1cccnc1. The molecule has 0 bridgehead atoms. The molecule has 0 unspecified atom stereocenters. The van der Waals surface area contributed by atoms with E-state index in [9.17, 15) is 0 Å². The number of nitrogens with zero attached hydrogens (tertiary/aromatic N) is 3. The molecule has 3 nitrogen and oxygen atoms in total. The molecule has 0 aliphatic heterocycles. The normalized spacial score (nSPS) is 11.2. The van der Waals surface area contributed by atoms with E-state index in [4.69, 9.17) is 0 Å². The zero-order chi connectivity index (χ0) is 13.5. The first kappa shape index (κ1) is 11.6. The summed E-state index contributed by atoms with van der Waals surface area (Å²) in [6.07, 6.45) is 7.40. The van der Waals surface area contributed by atoms with Gasteiger partial charge in [0, 0.05) is 33.8 Å². The van der Waals surface area contributed by atoms with Crippen molar-refractivity contribution < 1.29 is 0 Å². The van der Waals surface area contributed by atoms with Gasteiger partial charge in [0.2, 0.25) is 0 Å². The van der Waals surface area contributed by atoms with Crippen molar-refractivity contribution in [1.82, 2.24) is 14.5 Å². The highest BCUT2D eigenvalue weighted by Crippen LogP contribution is 2.32. The van der Waals surface area contributed by atoms with Crippen LogP contribution in [0.25, 0.3) is 27.5 Å². The maximum Gasteiger partial charge on any atom is 0.0645 e. The van der Waals surface area contributed by atoms with Gasteiger partial charge in [-0.1, -0.05) is 15.9 Å². The topological polar surface area (TPSA) is 30.7 Å². The zero-order valence-corrected chi connectivity index (χ0v) is 12.1. The Labute approximate surface area is 124 Å². The van der Waals surface area contributed by atoms with Crippen molar-refractivity contribution in [2.45, 2.75) is 0 Å². The Bertz CT molecular complexity index is 913. The fourth-order valence-corrected chi connectivity index (χ4v) is 2.96. The van der Waals surface area contributed by atoms with Crippen LogP contribution in [0.2, 0.25) is 0 Å². The van der Waals surface area contributed by atoms with E-state index in [2.05, 4.69) is 54.7 Å². The smallest absolute Gasteiger partial charge is 0.0645 e. The lowest BCUT2D eigenvalue weighted by Crippen LogP contribution is -1.93. The van der Waals surface area contributed by atoms with E-state index in [-0.39, 0.29) is 0 Å². The number of aromatic nitrogens is 3. The van der Waals surface area contributed by atoms with Gasteiger partial charge in [-0.25, -0.2) is 0 Å². The molecular weight excluding hydrogens is 314 g/mol. The van der Waals surface area contributed by atoms with Crippen molar-refractivity contribution in [2.24, 2.45) is 0 Å². The summed E-state index contributed by atoms with van der Waals surface area (Å²) < 4.78 is 3.28. The van der Waals surface area contributed by atoms with Gasteiger partial charge in [0.1, 0.15) is 0 Å². The molecule has 3 aromatic heterocycles. The summed E-state index contributed by atoms with van der Waals surface area (Å²) in [5, 5.41) is 2.33. The molecule has 0 amide bonds. The van der Waals surface area contributed by atoms with Crippen LogP contribution in [-0.4, -0.2) is 14.5 Å². The summed E-state index contributed by atoms with van der Waals surface area (Å²) >= 11 is 3.54. The Kier molecular flexibility index (Phi) is 2.57. The molecule has 20 heavy (non-hydrogen) atoms. The predicted octanol–water partition coefficient (Wildman–Crippen LogP) is 4.34. The molecule has 0 N–H and O–H groups in total. The van der Waals surface area contributed by atoms with Crippen LogP contribution in [-0.2, 0) is 0 Å². The first-order valence-corrected chi connectivity index (χ1v) is 7.08. The van der Waals surface area contributed by atoms with Gasteiger partial charge in [0.15, 0.2) is 0 Å². The largest absolute Gasteiger partial charge is 0.308 e. The Balaban J connectivity index is 2.22. The van der Waals surface area contributed by atoms with Crippen LogP contribution < -0.4 is 0 Å². The van der Waals surface area contributed by atoms with E-state index < -0.39 is 0 Å². The maximum atomic E-state index is 4.26. The Morgan fingerprint density at radius 2 is 1.70 bits per heavy atom. The Morgan fingerprint density at radius 1 is 0.850 bits per heavy atom. The van der Waals surface area contributed by atoms with Gasteiger partial charge in [-0.2, -0.15) is 0 Å². The van der Waals surface area contributed by atoms with Crippen molar-refractivity contribution in [1.29, 1.82) is 0 Å². The molecule has 1 aromatic carbocycles. The summed E-state index contributed by atoms with van der Waals surface area (Å²) in [6, 6.07) is 12.4. The molecule has 0 atom stereocenters. The number of benzene rings is 1. The summed E-state index contributed by atoms with van der Waals surface area (Å²) in [5.74, 6) is 0. The van der Waals surface area contributed by atoms with Gasteiger partial charge in [-0.3, -0.25) is 9.97 Å². The fourth-order valence-electron chi connectivity index (χ4n) is 2.60. The second-order valence-electron chi connectivity index (χ2n) is 4.60. The van der Waals surface area contributed by atoms with Crippen molar-refractivity contribution >= 4 is 37.7 Å². The number of halogens is 1. The lowest BCUT2D eigenvalue weighted by atomic mass is 10.2. The molecule has 4 aromatic rings. The Hall–Kier alpha value is -2.20. The van der Waals surface area contributed by atoms with Crippen molar-refractivity contribution in [3.63, 3.8) is 0 Å². The van der Waals surface area contributed by atoms with E-state index in [0.717, 1.165) is 26.6 Å². The molecule has 0 aliphatic carbocycles. The van der Waals surface area contributed by atoms with Gasteiger partial charge in [0.05, 0.1) is 22.9 Å². The van der Waals surface area contributed by atoms with Crippen LogP contribution in [0.4, 0.5) is 0 Å². The zero-order valence-electron chi connectivity index (χ0n) is 10.5. The minimum Gasteiger partial charge on any atom is -0.308 e. The van der Waals surface area contributed by atoms with Gasteiger partial charge in [0.25, 0.3) is 0 Å². The van der Waals surface area contributed by atoms with E-state index in [1.54, 1.807) is 6.20 Å². The highest BCUT2D eigenvalue weighted by Gasteiger charge is 2.12. The fraction of sp³-hybridized carbons (Fsp3) is 0. The summed E-state index contributed by atoms with van der Waals surface area (Å²) in [4.78, 5) is 8.48. The highest BCUT2D eigenvalue weighted by atomic mass is 79.9. The van der Waals surface area contributed by atoms with Crippen molar-refractivity contribution in [3.8, 4) is 5.69 Å². The van der Waals surface area contributed by atoms with Crippen LogP contribution in [0, 0.1) is 0 Å². The third kappa shape index (κ3) is 1.65. The second kappa shape index (κ2) is 4.42. The number of pyridine rings is 2.